The van der Waals surface area contributed by atoms with Gasteiger partial charge in [-0.05, 0) is 51.9 Å². The molecule has 24 heavy (non-hydrogen) atoms. The summed E-state index contributed by atoms with van der Waals surface area (Å²) in [6, 6.07) is 0. The van der Waals surface area contributed by atoms with E-state index < -0.39 is 0 Å². The monoisotopic (exact) mass is 408 g/mol. The highest BCUT2D eigenvalue weighted by molar-refractivity contribution is 6.48. The molecule has 1 aromatic carbocycles. The molecular formula is C18H24Cl4N2. The van der Waals surface area contributed by atoms with Crippen LogP contribution in [0.3, 0.4) is 0 Å². The Morgan fingerprint density at radius 3 is 1.08 bits per heavy atom. The summed E-state index contributed by atoms with van der Waals surface area (Å²) in [5.74, 6) is 0. The molecule has 0 saturated carbocycles. The van der Waals surface area contributed by atoms with E-state index in [-0.39, 0.29) is 0 Å². The number of rotatable bonds is 4. The molecule has 0 spiro atoms. The summed E-state index contributed by atoms with van der Waals surface area (Å²) in [7, 11) is 0. The lowest BCUT2D eigenvalue weighted by molar-refractivity contribution is 0.219. The molecule has 1 aromatic rings. The van der Waals surface area contributed by atoms with E-state index in [0.717, 1.165) is 50.4 Å². The fourth-order valence-electron chi connectivity index (χ4n) is 3.68. The van der Waals surface area contributed by atoms with Crippen molar-refractivity contribution in [1.82, 2.24) is 9.80 Å². The molecule has 0 amide bonds. The first kappa shape index (κ1) is 19.1. The van der Waals surface area contributed by atoms with Gasteiger partial charge >= 0.3 is 0 Å². The summed E-state index contributed by atoms with van der Waals surface area (Å²) in [6.45, 7) is 5.77. The molecule has 0 bridgehead atoms. The van der Waals surface area contributed by atoms with E-state index in [1.165, 1.54) is 38.5 Å². The van der Waals surface area contributed by atoms with Gasteiger partial charge in [0.25, 0.3) is 0 Å². The van der Waals surface area contributed by atoms with Crippen molar-refractivity contribution in [3.63, 3.8) is 0 Å². The summed E-state index contributed by atoms with van der Waals surface area (Å²) in [6.07, 6.45) is 7.50. The molecule has 0 atom stereocenters. The molecule has 2 saturated heterocycles. The molecule has 134 valence electrons. The number of likely N-dealkylation sites (tertiary alicyclic amines) is 2. The van der Waals surface area contributed by atoms with E-state index in [1.807, 2.05) is 0 Å². The predicted octanol–water partition coefficient (Wildman–Crippen LogP) is 6.27. The lowest BCUT2D eigenvalue weighted by Gasteiger charge is -2.29. The molecule has 6 heteroatoms. The molecular weight excluding hydrogens is 386 g/mol. The van der Waals surface area contributed by atoms with E-state index in [0.29, 0.717) is 20.1 Å². The van der Waals surface area contributed by atoms with Gasteiger partial charge in [-0.3, -0.25) is 9.80 Å². The first-order valence-electron chi connectivity index (χ1n) is 8.86. The Labute approximate surface area is 165 Å². The van der Waals surface area contributed by atoms with E-state index >= 15 is 0 Å². The molecule has 2 aliphatic heterocycles. The minimum Gasteiger partial charge on any atom is -0.299 e. The average molecular weight is 410 g/mol. The number of halogens is 4. The lowest BCUT2D eigenvalue weighted by atomic mass is 10.1. The maximum atomic E-state index is 6.59. The van der Waals surface area contributed by atoms with Crippen molar-refractivity contribution in [3.05, 3.63) is 31.2 Å². The molecule has 2 aliphatic rings. The zero-order chi connectivity index (χ0) is 17.1. The van der Waals surface area contributed by atoms with Gasteiger partial charge in [-0.1, -0.05) is 59.2 Å². The quantitative estimate of drug-likeness (QED) is 0.540. The minimum atomic E-state index is 0.573. The Morgan fingerprint density at radius 1 is 0.500 bits per heavy atom. The minimum absolute atomic E-state index is 0.573. The normalized spacial score (nSPS) is 20.5. The third-order valence-electron chi connectivity index (χ3n) is 5.11. The van der Waals surface area contributed by atoms with Crippen LogP contribution in [-0.4, -0.2) is 36.0 Å². The molecule has 0 aromatic heterocycles. The molecule has 3 rings (SSSR count). The van der Waals surface area contributed by atoms with Crippen LogP contribution in [0.4, 0.5) is 0 Å². The maximum absolute atomic E-state index is 6.59. The van der Waals surface area contributed by atoms with Crippen molar-refractivity contribution in [3.8, 4) is 0 Å². The van der Waals surface area contributed by atoms with Gasteiger partial charge in [0.15, 0.2) is 0 Å². The van der Waals surface area contributed by atoms with Gasteiger partial charge in [-0.25, -0.2) is 0 Å². The Balaban J connectivity index is 1.83. The summed E-state index contributed by atoms with van der Waals surface area (Å²) < 4.78 is 0. The molecule has 2 fully saturated rings. The van der Waals surface area contributed by atoms with Crippen molar-refractivity contribution in [2.45, 2.75) is 51.6 Å². The number of nitrogens with zero attached hydrogens (tertiary/aromatic N) is 2. The van der Waals surface area contributed by atoms with Crippen molar-refractivity contribution in [1.29, 1.82) is 0 Å². The third kappa shape index (κ3) is 4.34. The smallest absolute Gasteiger partial charge is 0.0656 e. The van der Waals surface area contributed by atoms with Crippen molar-refractivity contribution in [2.75, 3.05) is 26.2 Å². The number of benzene rings is 1. The second-order valence-electron chi connectivity index (χ2n) is 6.89. The second kappa shape index (κ2) is 8.79. The van der Waals surface area contributed by atoms with Gasteiger partial charge in [0, 0.05) is 24.2 Å². The molecule has 2 heterocycles. The van der Waals surface area contributed by atoms with Crippen LogP contribution in [0.1, 0.15) is 49.7 Å². The van der Waals surface area contributed by atoms with Crippen LogP contribution >= 0.6 is 46.4 Å². The Morgan fingerprint density at radius 2 is 0.792 bits per heavy atom. The zero-order valence-corrected chi connectivity index (χ0v) is 16.9. The maximum Gasteiger partial charge on any atom is 0.0656 e. The SMILES string of the molecule is Clc1c(Cl)c(CN2CCCCC2)c(Cl)c(Cl)c1CN1CCCCC1. The zero-order valence-electron chi connectivity index (χ0n) is 13.9. The van der Waals surface area contributed by atoms with E-state index in [4.69, 9.17) is 46.4 Å². The van der Waals surface area contributed by atoms with Gasteiger partial charge in [-0.15, -0.1) is 0 Å². The van der Waals surface area contributed by atoms with Crippen molar-refractivity contribution in [2.24, 2.45) is 0 Å². The number of hydrogen-bond acceptors (Lipinski definition) is 2. The Kier molecular flexibility index (Phi) is 6.99. The van der Waals surface area contributed by atoms with E-state index in [9.17, 15) is 0 Å². The Bertz CT molecular complexity index is 499. The van der Waals surface area contributed by atoms with Crippen LogP contribution in [-0.2, 0) is 13.1 Å². The third-order valence-corrected chi connectivity index (χ3v) is 6.97. The number of piperidine rings is 2. The van der Waals surface area contributed by atoms with Gasteiger partial charge < -0.3 is 0 Å². The molecule has 0 N–H and O–H groups in total. The van der Waals surface area contributed by atoms with Crippen molar-refractivity contribution < 1.29 is 0 Å². The van der Waals surface area contributed by atoms with Crippen LogP contribution in [0.5, 0.6) is 0 Å². The number of hydrogen-bond donors (Lipinski definition) is 0. The summed E-state index contributed by atoms with van der Waals surface area (Å²) in [5.41, 5.74) is 1.75. The second-order valence-corrected chi connectivity index (χ2v) is 8.40. The molecule has 2 nitrogen and oxygen atoms in total. The van der Waals surface area contributed by atoms with Crippen LogP contribution in [0.25, 0.3) is 0 Å². The largest absolute Gasteiger partial charge is 0.299 e. The van der Waals surface area contributed by atoms with Crippen LogP contribution < -0.4 is 0 Å². The Hall–Kier alpha value is 0.300. The first-order chi connectivity index (χ1) is 11.6. The molecule has 0 radical (unpaired) electrons. The fourth-order valence-corrected chi connectivity index (χ4v) is 4.85. The fraction of sp³-hybridized carbons (Fsp3) is 0.667. The van der Waals surface area contributed by atoms with Crippen molar-refractivity contribution >= 4 is 46.4 Å². The summed E-state index contributed by atoms with van der Waals surface area (Å²) in [4.78, 5) is 4.76. The van der Waals surface area contributed by atoms with Gasteiger partial charge in [0.2, 0.25) is 0 Å². The molecule has 0 unspecified atom stereocenters. The highest BCUT2D eigenvalue weighted by atomic mass is 35.5. The average Bonchev–Trinajstić information content (AvgIpc) is 2.62. The van der Waals surface area contributed by atoms with Crippen LogP contribution in [0, 0.1) is 0 Å². The first-order valence-corrected chi connectivity index (χ1v) is 10.4. The van der Waals surface area contributed by atoms with E-state index in [2.05, 4.69) is 9.80 Å². The highest BCUT2D eigenvalue weighted by Gasteiger charge is 2.24. The topological polar surface area (TPSA) is 6.48 Å². The lowest BCUT2D eigenvalue weighted by Crippen LogP contribution is -2.30. The highest BCUT2D eigenvalue weighted by Crippen LogP contribution is 2.42. The summed E-state index contributed by atoms with van der Waals surface area (Å²) in [5, 5.41) is 2.29. The van der Waals surface area contributed by atoms with Gasteiger partial charge in [0.1, 0.15) is 0 Å². The van der Waals surface area contributed by atoms with Gasteiger partial charge in [-0.2, -0.15) is 0 Å². The summed E-state index contributed by atoms with van der Waals surface area (Å²) >= 11 is 26.4. The van der Waals surface area contributed by atoms with E-state index in [1.54, 1.807) is 0 Å². The predicted molar refractivity (Wildman–Crippen MR) is 105 cm³/mol. The van der Waals surface area contributed by atoms with Crippen LogP contribution in [0.15, 0.2) is 0 Å². The van der Waals surface area contributed by atoms with Crippen LogP contribution in [0.2, 0.25) is 20.1 Å². The van der Waals surface area contributed by atoms with Gasteiger partial charge in [0.05, 0.1) is 20.1 Å². The standard InChI is InChI=1S/C18H24Cl4N2/c19-15-13(11-23-7-3-1-4-8-23)16(20)18(22)14(17(15)21)12-24-9-5-2-6-10-24/h1-12H2. The molecule has 0 aliphatic carbocycles.